The van der Waals surface area contributed by atoms with Crippen LogP contribution in [0.3, 0.4) is 0 Å². The van der Waals surface area contributed by atoms with Crippen LogP contribution in [0, 0.1) is 5.82 Å². The van der Waals surface area contributed by atoms with Crippen LogP contribution in [0.25, 0.3) is 0 Å². The Kier molecular flexibility index (Phi) is 3.71. The van der Waals surface area contributed by atoms with E-state index >= 15 is 0 Å². The van der Waals surface area contributed by atoms with Crippen molar-refractivity contribution in [3.8, 4) is 0 Å². The normalized spacial score (nSPS) is 19.8. The summed E-state index contributed by atoms with van der Waals surface area (Å²) < 4.78 is 18.4. The molecule has 1 atom stereocenters. The van der Waals surface area contributed by atoms with Crippen LogP contribution in [0.15, 0.2) is 18.2 Å². The third-order valence-corrected chi connectivity index (χ3v) is 3.92. The molecule has 0 bridgehead atoms. The zero-order valence-electron chi connectivity index (χ0n) is 9.75. The molecule has 1 aliphatic carbocycles. The minimum atomic E-state index is -0.567. The number of rotatable bonds is 4. The lowest BCUT2D eigenvalue weighted by atomic mass is 9.74. The number of hydrogen-bond acceptors (Lipinski definition) is 2. The number of benzene rings is 1. The van der Waals surface area contributed by atoms with Crippen LogP contribution in [0.1, 0.15) is 24.8 Å². The van der Waals surface area contributed by atoms with Crippen LogP contribution in [0.2, 0.25) is 5.02 Å². The maximum absolute atomic E-state index is 13.0. The predicted octanol–water partition coefficient (Wildman–Crippen LogP) is 2.95. The second-order valence-electron chi connectivity index (χ2n) is 4.59. The molecule has 0 saturated heterocycles. The Bertz CT molecular complexity index is 399. The monoisotopic (exact) mass is 258 g/mol. The average molecular weight is 259 g/mol. The first kappa shape index (κ1) is 12.8. The van der Waals surface area contributed by atoms with Crippen molar-refractivity contribution in [2.45, 2.75) is 37.4 Å². The van der Waals surface area contributed by atoms with E-state index in [0.29, 0.717) is 6.42 Å². The van der Waals surface area contributed by atoms with Gasteiger partial charge in [0.15, 0.2) is 0 Å². The van der Waals surface area contributed by atoms with Crippen molar-refractivity contribution in [3.05, 3.63) is 34.6 Å². The Morgan fingerprint density at radius 3 is 2.71 bits per heavy atom. The van der Waals surface area contributed by atoms with Crippen LogP contribution in [0.4, 0.5) is 4.39 Å². The number of aliphatic hydroxyl groups excluding tert-OH is 1. The molecule has 0 spiro atoms. The first-order valence-corrected chi connectivity index (χ1v) is 6.12. The van der Waals surface area contributed by atoms with Gasteiger partial charge in [0.25, 0.3) is 0 Å². The third-order valence-electron chi connectivity index (χ3n) is 3.63. The minimum absolute atomic E-state index is 0.0924. The molecule has 1 saturated carbocycles. The standard InChI is InChI=1S/C13H16ClFO2/c1-17-13(5-2-6-13)12(16)8-9-3-4-11(15)10(14)7-9/h3-4,7,12,16H,2,5-6,8H2,1H3. The van der Waals surface area contributed by atoms with Gasteiger partial charge in [-0.05, 0) is 37.0 Å². The highest BCUT2D eigenvalue weighted by molar-refractivity contribution is 6.30. The summed E-state index contributed by atoms with van der Waals surface area (Å²) in [4.78, 5) is 0. The van der Waals surface area contributed by atoms with E-state index in [4.69, 9.17) is 16.3 Å². The van der Waals surface area contributed by atoms with E-state index in [-0.39, 0.29) is 5.02 Å². The molecular weight excluding hydrogens is 243 g/mol. The van der Waals surface area contributed by atoms with Crippen LogP contribution < -0.4 is 0 Å². The summed E-state index contributed by atoms with van der Waals surface area (Å²) in [5.41, 5.74) is 0.410. The van der Waals surface area contributed by atoms with E-state index < -0.39 is 17.5 Å². The maximum atomic E-state index is 13.0. The van der Waals surface area contributed by atoms with Crippen LogP contribution in [-0.2, 0) is 11.2 Å². The summed E-state index contributed by atoms with van der Waals surface area (Å²) in [5, 5.41) is 10.3. The molecule has 0 radical (unpaired) electrons. The smallest absolute Gasteiger partial charge is 0.141 e. The van der Waals surface area contributed by atoms with Gasteiger partial charge in [-0.15, -0.1) is 0 Å². The molecule has 1 fully saturated rings. The summed E-state index contributed by atoms with van der Waals surface area (Å²) >= 11 is 5.71. The molecule has 17 heavy (non-hydrogen) atoms. The molecule has 0 aromatic heterocycles. The Morgan fingerprint density at radius 2 is 2.24 bits per heavy atom. The lowest BCUT2D eigenvalue weighted by Crippen LogP contribution is -2.50. The summed E-state index contributed by atoms with van der Waals surface area (Å²) in [7, 11) is 1.63. The quantitative estimate of drug-likeness (QED) is 0.900. The van der Waals surface area contributed by atoms with Gasteiger partial charge in [0.2, 0.25) is 0 Å². The van der Waals surface area contributed by atoms with Crippen molar-refractivity contribution in [2.24, 2.45) is 0 Å². The molecule has 1 aliphatic rings. The number of halogens is 2. The first-order valence-electron chi connectivity index (χ1n) is 5.74. The largest absolute Gasteiger partial charge is 0.390 e. The summed E-state index contributed by atoms with van der Waals surface area (Å²) in [5.74, 6) is -0.435. The molecule has 0 amide bonds. The fourth-order valence-electron chi connectivity index (χ4n) is 2.27. The van der Waals surface area contributed by atoms with Crippen molar-refractivity contribution in [1.29, 1.82) is 0 Å². The van der Waals surface area contributed by atoms with E-state index in [1.807, 2.05) is 0 Å². The molecule has 2 rings (SSSR count). The lowest BCUT2D eigenvalue weighted by Gasteiger charge is -2.44. The third kappa shape index (κ3) is 2.46. The summed E-state index contributed by atoms with van der Waals surface area (Å²) in [6.07, 6.45) is 2.70. The minimum Gasteiger partial charge on any atom is -0.390 e. The SMILES string of the molecule is COC1(C(O)Cc2ccc(F)c(Cl)c2)CCC1. The molecule has 1 unspecified atom stereocenters. The molecular formula is C13H16ClFO2. The second kappa shape index (κ2) is 4.92. The van der Waals surface area contributed by atoms with E-state index in [2.05, 4.69) is 0 Å². The van der Waals surface area contributed by atoms with Crippen molar-refractivity contribution in [3.63, 3.8) is 0 Å². The van der Waals surface area contributed by atoms with Gasteiger partial charge in [0.1, 0.15) is 5.82 Å². The Labute approximate surface area is 105 Å². The van der Waals surface area contributed by atoms with Crippen molar-refractivity contribution in [1.82, 2.24) is 0 Å². The average Bonchev–Trinajstić information content (AvgIpc) is 2.23. The molecule has 1 aromatic rings. The maximum Gasteiger partial charge on any atom is 0.141 e. The topological polar surface area (TPSA) is 29.5 Å². The lowest BCUT2D eigenvalue weighted by molar-refractivity contribution is -0.148. The summed E-state index contributed by atoms with van der Waals surface area (Å²) in [6, 6.07) is 4.53. The van der Waals surface area contributed by atoms with Crippen LogP contribution in [0.5, 0.6) is 0 Å². The van der Waals surface area contributed by atoms with E-state index in [9.17, 15) is 9.50 Å². The van der Waals surface area contributed by atoms with E-state index in [1.165, 1.54) is 6.07 Å². The molecule has 94 valence electrons. The van der Waals surface area contributed by atoms with Gasteiger partial charge in [-0.1, -0.05) is 17.7 Å². The molecule has 2 nitrogen and oxygen atoms in total. The number of ether oxygens (including phenoxy) is 1. The zero-order valence-corrected chi connectivity index (χ0v) is 10.5. The van der Waals surface area contributed by atoms with Crippen molar-refractivity contribution >= 4 is 11.6 Å². The van der Waals surface area contributed by atoms with Gasteiger partial charge in [-0.25, -0.2) is 4.39 Å². The molecule has 1 N–H and O–H groups in total. The highest BCUT2D eigenvalue weighted by Crippen LogP contribution is 2.39. The summed E-state index contributed by atoms with van der Waals surface area (Å²) in [6.45, 7) is 0. The zero-order chi connectivity index (χ0) is 12.5. The van der Waals surface area contributed by atoms with E-state index in [0.717, 1.165) is 24.8 Å². The van der Waals surface area contributed by atoms with Gasteiger partial charge in [0, 0.05) is 13.5 Å². The molecule has 0 aliphatic heterocycles. The van der Waals surface area contributed by atoms with Crippen molar-refractivity contribution in [2.75, 3.05) is 7.11 Å². The molecule has 4 heteroatoms. The Morgan fingerprint density at radius 1 is 1.53 bits per heavy atom. The Hall–Kier alpha value is -0.640. The fourth-order valence-corrected chi connectivity index (χ4v) is 2.48. The van der Waals surface area contributed by atoms with E-state index in [1.54, 1.807) is 19.2 Å². The molecule has 0 heterocycles. The first-order chi connectivity index (χ1) is 8.07. The number of hydrogen-bond donors (Lipinski definition) is 1. The number of aliphatic hydroxyl groups is 1. The van der Waals surface area contributed by atoms with Gasteiger partial charge in [-0.3, -0.25) is 0 Å². The Balaban J connectivity index is 2.07. The fraction of sp³-hybridized carbons (Fsp3) is 0.538. The van der Waals surface area contributed by atoms with Gasteiger partial charge in [-0.2, -0.15) is 0 Å². The van der Waals surface area contributed by atoms with Gasteiger partial charge < -0.3 is 9.84 Å². The second-order valence-corrected chi connectivity index (χ2v) is 5.00. The predicted molar refractivity (Wildman–Crippen MR) is 64.7 cm³/mol. The van der Waals surface area contributed by atoms with Gasteiger partial charge >= 0.3 is 0 Å². The van der Waals surface area contributed by atoms with Crippen molar-refractivity contribution < 1.29 is 14.2 Å². The highest BCUT2D eigenvalue weighted by Gasteiger charge is 2.43. The van der Waals surface area contributed by atoms with Crippen LogP contribution >= 0.6 is 11.6 Å². The van der Waals surface area contributed by atoms with Gasteiger partial charge in [0.05, 0.1) is 16.7 Å². The van der Waals surface area contributed by atoms with Crippen LogP contribution in [-0.4, -0.2) is 23.9 Å². The molecule has 1 aromatic carbocycles. The highest BCUT2D eigenvalue weighted by atomic mass is 35.5. The number of methoxy groups -OCH3 is 1.